The van der Waals surface area contributed by atoms with Gasteiger partial charge in [-0.1, -0.05) is 42.5 Å². The Morgan fingerprint density at radius 1 is 0.879 bits per heavy atom. The second-order valence-corrected chi connectivity index (χ2v) is 6.79. The van der Waals surface area contributed by atoms with Crippen molar-refractivity contribution < 1.29 is 36.6 Å². The van der Waals surface area contributed by atoms with Crippen LogP contribution in [0.1, 0.15) is 5.76 Å². The lowest BCUT2D eigenvalue weighted by Gasteiger charge is -2.14. The van der Waals surface area contributed by atoms with Gasteiger partial charge in [0.15, 0.2) is 0 Å². The van der Waals surface area contributed by atoms with Gasteiger partial charge in [0.25, 0.3) is 5.76 Å². The van der Waals surface area contributed by atoms with Gasteiger partial charge in [-0.15, -0.1) is 0 Å². The van der Waals surface area contributed by atoms with Crippen molar-refractivity contribution >= 4 is 17.1 Å². The third-order valence-corrected chi connectivity index (χ3v) is 4.63. The molecule has 4 rings (SSSR count). The topological polar surface area (TPSA) is 75.0 Å². The van der Waals surface area contributed by atoms with E-state index in [-0.39, 0.29) is 16.9 Å². The molecule has 0 aliphatic rings. The number of methoxy groups -OCH3 is 1. The zero-order chi connectivity index (χ0) is 23.6. The van der Waals surface area contributed by atoms with Gasteiger partial charge in [-0.25, -0.2) is 4.79 Å². The monoisotopic (exact) mass is 456 g/mol. The van der Waals surface area contributed by atoms with Crippen molar-refractivity contribution in [3.63, 3.8) is 0 Å². The summed E-state index contributed by atoms with van der Waals surface area (Å²) < 4.78 is 60.5. The molecule has 0 spiro atoms. The lowest BCUT2D eigenvalue weighted by Crippen LogP contribution is -2.15. The van der Waals surface area contributed by atoms with Crippen LogP contribution in [0, 0.1) is 0 Å². The van der Waals surface area contributed by atoms with Gasteiger partial charge in [0.1, 0.15) is 17.1 Å². The van der Waals surface area contributed by atoms with Crippen LogP contribution in [0.5, 0.6) is 17.2 Å². The maximum atomic E-state index is 13.7. The minimum Gasteiger partial charge on any atom is -0.449 e. The highest BCUT2D eigenvalue weighted by Crippen LogP contribution is 2.39. The van der Waals surface area contributed by atoms with Crippen molar-refractivity contribution in [2.45, 2.75) is 6.18 Å². The Hall–Kier alpha value is -4.27. The minimum atomic E-state index is -5.02. The predicted molar refractivity (Wildman–Crippen MR) is 112 cm³/mol. The van der Waals surface area contributed by atoms with Crippen LogP contribution >= 0.6 is 0 Å². The Kier molecular flexibility index (Phi) is 5.78. The van der Waals surface area contributed by atoms with Crippen LogP contribution in [0.25, 0.3) is 22.1 Å². The molecule has 0 N–H and O–H groups in total. The number of rotatable bonds is 4. The lowest BCUT2D eigenvalue weighted by molar-refractivity contribution is -0.154. The molecular formula is C24H15F3O6. The number of fused-ring (bicyclic) bond motifs is 1. The molecule has 1 aromatic heterocycles. The molecule has 0 aliphatic carbocycles. The van der Waals surface area contributed by atoms with E-state index in [9.17, 15) is 22.8 Å². The summed E-state index contributed by atoms with van der Waals surface area (Å²) in [6.45, 7) is 0. The second kappa shape index (κ2) is 8.70. The van der Waals surface area contributed by atoms with Gasteiger partial charge in [0.05, 0.1) is 12.5 Å². The average molecular weight is 456 g/mol. The fourth-order valence-corrected chi connectivity index (χ4v) is 3.10. The molecule has 0 fully saturated rings. The van der Waals surface area contributed by atoms with Crippen molar-refractivity contribution in [2.75, 3.05) is 7.11 Å². The lowest BCUT2D eigenvalue weighted by atomic mass is 10.1. The van der Waals surface area contributed by atoms with Gasteiger partial charge in [0, 0.05) is 6.07 Å². The van der Waals surface area contributed by atoms with Gasteiger partial charge >= 0.3 is 12.3 Å². The highest BCUT2D eigenvalue weighted by Gasteiger charge is 2.40. The van der Waals surface area contributed by atoms with Crippen LogP contribution in [0.2, 0.25) is 0 Å². The zero-order valence-corrected chi connectivity index (χ0v) is 17.0. The predicted octanol–water partition coefficient (Wildman–Crippen LogP) is 6.42. The molecule has 4 aromatic rings. The molecule has 9 heteroatoms. The molecule has 0 aliphatic heterocycles. The van der Waals surface area contributed by atoms with Crippen LogP contribution < -0.4 is 14.9 Å². The SMILES string of the molecule is COC(=O)Oc1ccc2c(=O)c(Oc3ccc(-c4ccccc4)cc3)c(C(F)(F)F)oc2c1. The quantitative estimate of drug-likeness (QED) is 0.261. The van der Waals surface area contributed by atoms with Crippen LogP contribution in [-0.4, -0.2) is 13.3 Å². The summed E-state index contributed by atoms with van der Waals surface area (Å²) in [6, 6.07) is 19.0. The summed E-state index contributed by atoms with van der Waals surface area (Å²) in [6.07, 6.45) is -6.10. The first-order valence-electron chi connectivity index (χ1n) is 9.53. The zero-order valence-electron chi connectivity index (χ0n) is 17.0. The molecule has 0 amide bonds. The van der Waals surface area contributed by atoms with Crippen molar-refractivity contribution in [1.29, 1.82) is 0 Å². The van der Waals surface area contributed by atoms with Crippen LogP contribution in [0.4, 0.5) is 18.0 Å². The molecule has 1 heterocycles. The van der Waals surface area contributed by atoms with Gasteiger partial charge < -0.3 is 18.6 Å². The Labute approximate surface area is 184 Å². The number of hydrogen-bond donors (Lipinski definition) is 0. The summed E-state index contributed by atoms with van der Waals surface area (Å²) in [5.74, 6) is -2.74. The van der Waals surface area contributed by atoms with Gasteiger partial charge in [-0.3, -0.25) is 4.79 Å². The number of ether oxygens (including phenoxy) is 3. The Bertz CT molecular complexity index is 1360. The summed E-state index contributed by atoms with van der Waals surface area (Å²) in [4.78, 5) is 24.1. The van der Waals surface area contributed by atoms with E-state index in [2.05, 4.69) is 4.74 Å². The number of carbonyl (C=O) groups excluding carboxylic acids is 1. The van der Waals surface area contributed by atoms with Gasteiger partial charge in [-0.2, -0.15) is 13.2 Å². The normalized spacial score (nSPS) is 11.3. The van der Waals surface area contributed by atoms with Crippen molar-refractivity contribution in [1.82, 2.24) is 0 Å². The molecular weight excluding hydrogens is 441 g/mol. The maximum absolute atomic E-state index is 13.7. The highest BCUT2D eigenvalue weighted by atomic mass is 19.4. The van der Waals surface area contributed by atoms with E-state index in [1.165, 1.54) is 24.3 Å². The molecule has 0 radical (unpaired) electrons. The minimum absolute atomic E-state index is 0.0254. The van der Waals surface area contributed by atoms with Crippen molar-refractivity contribution in [3.05, 3.63) is 88.8 Å². The van der Waals surface area contributed by atoms with Crippen molar-refractivity contribution in [2.24, 2.45) is 0 Å². The highest BCUT2D eigenvalue weighted by molar-refractivity contribution is 5.80. The third kappa shape index (κ3) is 4.67. The molecule has 0 bridgehead atoms. The van der Waals surface area contributed by atoms with Crippen LogP contribution in [-0.2, 0) is 10.9 Å². The summed E-state index contributed by atoms with van der Waals surface area (Å²) in [7, 11) is 1.07. The second-order valence-electron chi connectivity index (χ2n) is 6.79. The first-order valence-corrected chi connectivity index (χ1v) is 9.53. The van der Waals surface area contributed by atoms with E-state index < -0.39 is 34.9 Å². The van der Waals surface area contributed by atoms with Gasteiger partial charge in [-0.05, 0) is 35.4 Å². The van der Waals surface area contributed by atoms with Crippen molar-refractivity contribution in [3.8, 4) is 28.4 Å². The number of benzene rings is 3. The molecule has 3 aromatic carbocycles. The molecule has 0 atom stereocenters. The maximum Gasteiger partial charge on any atom is 0.513 e. The molecule has 33 heavy (non-hydrogen) atoms. The van der Waals surface area contributed by atoms with E-state index in [4.69, 9.17) is 13.9 Å². The summed E-state index contributed by atoms with van der Waals surface area (Å²) in [5, 5.41) is -0.184. The summed E-state index contributed by atoms with van der Waals surface area (Å²) >= 11 is 0. The molecule has 6 nitrogen and oxygen atoms in total. The molecule has 0 saturated carbocycles. The van der Waals surface area contributed by atoms with E-state index in [0.717, 1.165) is 24.3 Å². The summed E-state index contributed by atoms with van der Waals surface area (Å²) in [5.41, 5.74) is 0.277. The van der Waals surface area contributed by atoms with Crippen LogP contribution in [0.15, 0.2) is 82.0 Å². The Morgan fingerprint density at radius 2 is 1.52 bits per heavy atom. The fourth-order valence-electron chi connectivity index (χ4n) is 3.10. The first kappa shape index (κ1) is 21.9. The van der Waals surface area contributed by atoms with E-state index in [1.54, 1.807) is 12.1 Å². The Balaban J connectivity index is 1.74. The molecule has 168 valence electrons. The van der Waals surface area contributed by atoms with E-state index >= 15 is 0 Å². The van der Waals surface area contributed by atoms with Gasteiger partial charge in [0.2, 0.25) is 11.2 Å². The van der Waals surface area contributed by atoms with Crippen LogP contribution in [0.3, 0.4) is 0 Å². The molecule has 0 saturated heterocycles. The number of halogens is 3. The fraction of sp³-hybridized carbons (Fsp3) is 0.0833. The standard InChI is InChI=1S/C24H15F3O6/c1-30-23(29)32-17-11-12-18-19(13-17)33-22(24(25,26)27)21(20(18)28)31-16-9-7-15(8-10-16)14-5-3-2-4-6-14/h2-13H,1H3. The third-order valence-electron chi connectivity index (χ3n) is 4.63. The number of carbonyl (C=O) groups is 1. The first-order chi connectivity index (χ1) is 15.8. The molecule has 0 unspecified atom stereocenters. The number of alkyl halides is 3. The number of hydrogen-bond acceptors (Lipinski definition) is 6. The average Bonchev–Trinajstić information content (AvgIpc) is 2.81. The van der Waals surface area contributed by atoms with E-state index in [1.807, 2.05) is 30.3 Å². The Morgan fingerprint density at radius 3 is 2.15 bits per heavy atom. The smallest absolute Gasteiger partial charge is 0.449 e. The van der Waals surface area contributed by atoms with E-state index in [0.29, 0.717) is 0 Å². The largest absolute Gasteiger partial charge is 0.513 e.